The summed E-state index contributed by atoms with van der Waals surface area (Å²) in [5, 5.41) is 19.8. The number of rotatable bonds is 11. The first kappa shape index (κ1) is 23.4. The molecular weight excluding hydrogens is 384 g/mol. The van der Waals surface area contributed by atoms with Crippen molar-refractivity contribution >= 4 is 16.8 Å². The molecule has 0 amide bonds. The minimum absolute atomic E-state index is 0.0827. The zero-order chi connectivity index (χ0) is 22.1. The van der Waals surface area contributed by atoms with Crippen LogP contribution in [0.1, 0.15) is 52.0 Å². The van der Waals surface area contributed by atoms with Crippen LogP contribution in [-0.4, -0.2) is 29.2 Å². The van der Waals surface area contributed by atoms with Crippen LogP contribution in [-0.2, 0) is 11.2 Å². The molecule has 0 radical (unpaired) electrons. The van der Waals surface area contributed by atoms with Gasteiger partial charge in [-0.15, -0.1) is 0 Å². The number of hydrogen-bond acceptors (Lipinski definition) is 6. The number of allylic oxidation sites excluding steroid dienone is 4. The summed E-state index contributed by atoms with van der Waals surface area (Å²) < 4.78 is 11.0. The van der Waals surface area contributed by atoms with Crippen LogP contribution < -0.4 is 10.4 Å². The number of ether oxygens (including phenoxy) is 1. The lowest BCUT2D eigenvalue weighted by Gasteiger charge is -2.10. The highest BCUT2D eigenvalue weighted by Crippen LogP contribution is 2.32. The Morgan fingerprint density at radius 1 is 1.13 bits per heavy atom. The van der Waals surface area contributed by atoms with Gasteiger partial charge in [0.1, 0.15) is 11.5 Å². The summed E-state index contributed by atoms with van der Waals surface area (Å²) in [6.07, 6.45) is 6.43. The van der Waals surface area contributed by atoms with Crippen LogP contribution in [0.4, 0.5) is 0 Å². The Morgan fingerprint density at radius 3 is 2.60 bits per heavy atom. The molecule has 0 unspecified atom stereocenters. The molecule has 2 N–H and O–H groups in total. The van der Waals surface area contributed by atoms with Crippen molar-refractivity contribution in [2.45, 2.75) is 52.9 Å². The molecule has 0 aliphatic rings. The molecule has 0 saturated carbocycles. The van der Waals surface area contributed by atoms with E-state index < -0.39 is 5.63 Å². The summed E-state index contributed by atoms with van der Waals surface area (Å²) in [6.45, 7) is 6.02. The number of Topliss-reactive ketones (excluding diaryl/α,β-unsaturated/α-hetero) is 1. The second-order valence-electron chi connectivity index (χ2n) is 7.54. The van der Waals surface area contributed by atoms with E-state index >= 15 is 0 Å². The lowest BCUT2D eigenvalue weighted by Crippen LogP contribution is -2.10. The van der Waals surface area contributed by atoms with Gasteiger partial charge in [0.05, 0.1) is 17.6 Å². The minimum Gasteiger partial charge on any atom is -0.507 e. The highest BCUT2D eigenvalue weighted by Gasteiger charge is 2.16. The van der Waals surface area contributed by atoms with Crippen molar-refractivity contribution in [3.63, 3.8) is 0 Å². The normalized spacial score (nSPS) is 11.5. The third-order valence-electron chi connectivity index (χ3n) is 4.74. The van der Waals surface area contributed by atoms with Crippen LogP contribution in [0.15, 0.2) is 50.7 Å². The van der Waals surface area contributed by atoms with Crippen LogP contribution in [0.3, 0.4) is 0 Å². The third kappa shape index (κ3) is 6.59. The number of aromatic hydroxyl groups is 1. The van der Waals surface area contributed by atoms with Crippen molar-refractivity contribution in [1.82, 2.24) is 0 Å². The fourth-order valence-corrected chi connectivity index (χ4v) is 3.01. The van der Waals surface area contributed by atoms with Gasteiger partial charge in [-0.3, -0.25) is 4.79 Å². The van der Waals surface area contributed by atoms with E-state index in [1.165, 1.54) is 5.57 Å². The van der Waals surface area contributed by atoms with Gasteiger partial charge < -0.3 is 19.4 Å². The zero-order valence-corrected chi connectivity index (χ0v) is 17.9. The van der Waals surface area contributed by atoms with Crippen molar-refractivity contribution in [2.75, 3.05) is 13.2 Å². The summed E-state index contributed by atoms with van der Waals surface area (Å²) in [7, 11) is 0. The Balaban J connectivity index is 2.19. The standard InChI is InChI=1S/C24H30O6/c1-16(2)6-4-7-17(3)10-11-20-22(27)19-8-5-9-21(23(19)30-24(20)28)29-15-13-18(26)12-14-25/h5-6,8-10,25,27H,4,7,11-15H2,1-3H3/b17-10+. The number of ketones is 1. The van der Waals surface area contributed by atoms with Crippen molar-refractivity contribution in [3.05, 3.63) is 57.5 Å². The Morgan fingerprint density at radius 2 is 1.90 bits per heavy atom. The van der Waals surface area contributed by atoms with Crippen LogP contribution >= 0.6 is 0 Å². The van der Waals surface area contributed by atoms with E-state index in [2.05, 4.69) is 19.9 Å². The molecule has 0 atom stereocenters. The molecule has 162 valence electrons. The van der Waals surface area contributed by atoms with E-state index in [1.807, 2.05) is 13.0 Å². The molecule has 2 aromatic rings. The number of fused-ring (bicyclic) bond motifs is 1. The Kier molecular flexibility index (Phi) is 8.87. The molecule has 0 spiro atoms. The first-order valence-corrected chi connectivity index (χ1v) is 10.2. The topological polar surface area (TPSA) is 97.0 Å². The maximum Gasteiger partial charge on any atom is 0.343 e. The molecule has 1 aromatic heterocycles. The van der Waals surface area contributed by atoms with E-state index in [-0.39, 0.29) is 60.9 Å². The van der Waals surface area contributed by atoms with Crippen LogP contribution in [0.25, 0.3) is 11.0 Å². The highest BCUT2D eigenvalue weighted by molar-refractivity contribution is 5.88. The molecule has 0 saturated heterocycles. The fourth-order valence-electron chi connectivity index (χ4n) is 3.01. The highest BCUT2D eigenvalue weighted by atomic mass is 16.5. The van der Waals surface area contributed by atoms with Gasteiger partial charge in [-0.2, -0.15) is 0 Å². The van der Waals surface area contributed by atoms with Gasteiger partial charge in [0.25, 0.3) is 0 Å². The number of carbonyl (C=O) groups excluding carboxylic acids is 1. The molecule has 30 heavy (non-hydrogen) atoms. The molecule has 2 rings (SSSR count). The Hall–Kier alpha value is -2.86. The SMILES string of the molecule is CC(C)=CCC/C(C)=C/Cc1c(O)c2cccc(OCCC(=O)CCO)c2oc1=O. The van der Waals surface area contributed by atoms with Crippen molar-refractivity contribution < 1.29 is 24.2 Å². The molecule has 0 fully saturated rings. The largest absolute Gasteiger partial charge is 0.507 e. The first-order valence-electron chi connectivity index (χ1n) is 10.2. The second kappa shape index (κ2) is 11.4. The monoisotopic (exact) mass is 414 g/mol. The van der Waals surface area contributed by atoms with Crippen molar-refractivity contribution in [2.24, 2.45) is 0 Å². The fraction of sp³-hybridized carbons (Fsp3) is 0.417. The summed E-state index contributed by atoms with van der Waals surface area (Å²) in [5.74, 6) is 0.0594. The predicted molar refractivity (Wildman–Crippen MR) is 117 cm³/mol. The van der Waals surface area contributed by atoms with Gasteiger partial charge in [0.15, 0.2) is 11.3 Å². The molecule has 1 heterocycles. The first-order chi connectivity index (χ1) is 14.3. The molecule has 6 nitrogen and oxygen atoms in total. The van der Waals surface area contributed by atoms with E-state index in [4.69, 9.17) is 14.3 Å². The smallest absolute Gasteiger partial charge is 0.343 e. The van der Waals surface area contributed by atoms with Gasteiger partial charge in [0, 0.05) is 25.9 Å². The molecule has 0 aliphatic carbocycles. The molecule has 0 aliphatic heterocycles. The minimum atomic E-state index is -0.610. The predicted octanol–water partition coefficient (Wildman–Crippen LogP) is 4.45. The van der Waals surface area contributed by atoms with Gasteiger partial charge in [-0.05, 0) is 45.7 Å². The van der Waals surface area contributed by atoms with E-state index in [0.717, 1.165) is 18.4 Å². The van der Waals surface area contributed by atoms with Crippen LogP contribution in [0, 0.1) is 0 Å². The summed E-state index contributed by atoms with van der Waals surface area (Å²) in [6, 6.07) is 4.97. The van der Waals surface area contributed by atoms with Crippen LogP contribution in [0.5, 0.6) is 11.5 Å². The number of carbonyl (C=O) groups is 1. The van der Waals surface area contributed by atoms with E-state index in [9.17, 15) is 14.7 Å². The maximum absolute atomic E-state index is 12.5. The van der Waals surface area contributed by atoms with Gasteiger partial charge in [0.2, 0.25) is 0 Å². The molecule has 0 bridgehead atoms. The maximum atomic E-state index is 12.5. The third-order valence-corrected chi connectivity index (χ3v) is 4.74. The van der Waals surface area contributed by atoms with Gasteiger partial charge in [-0.1, -0.05) is 29.4 Å². The van der Waals surface area contributed by atoms with E-state index in [1.54, 1.807) is 18.2 Å². The van der Waals surface area contributed by atoms with Gasteiger partial charge >= 0.3 is 5.63 Å². The lowest BCUT2D eigenvalue weighted by atomic mass is 10.1. The Bertz CT molecular complexity index is 993. The number of aliphatic hydroxyl groups excluding tert-OH is 1. The molecule has 6 heteroatoms. The Labute approximate surface area is 176 Å². The number of hydrogen-bond donors (Lipinski definition) is 2. The second-order valence-corrected chi connectivity index (χ2v) is 7.54. The lowest BCUT2D eigenvalue weighted by molar-refractivity contribution is -0.120. The summed E-state index contributed by atoms with van der Waals surface area (Å²) in [5.41, 5.74) is 2.16. The van der Waals surface area contributed by atoms with Crippen molar-refractivity contribution in [1.29, 1.82) is 0 Å². The number of benzene rings is 1. The summed E-state index contributed by atoms with van der Waals surface area (Å²) in [4.78, 5) is 24.0. The molecule has 1 aromatic carbocycles. The zero-order valence-electron chi connectivity index (χ0n) is 17.9. The average Bonchev–Trinajstić information content (AvgIpc) is 2.68. The van der Waals surface area contributed by atoms with Crippen LogP contribution in [0.2, 0.25) is 0 Å². The van der Waals surface area contributed by atoms with E-state index in [0.29, 0.717) is 5.39 Å². The van der Waals surface area contributed by atoms with Gasteiger partial charge in [-0.25, -0.2) is 4.79 Å². The average molecular weight is 414 g/mol. The summed E-state index contributed by atoms with van der Waals surface area (Å²) >= 11 is 0. The number of para-hydroxylation sites is 1. The quantitative estimate of drug-likeness (QED) is 0.416. The molecular formula is C24H30O6. The van der Waals surface area contributed by atoms with Crippen molar-refractivity contribution in [3.8, 4) is 11.5 Å². The number of aliphatic hydroxyl groups is 1.